The summed E-state index contributed by atoms with van der Waals surface area (Å²) in [6, 6.07) is 13.3. The van der Waals surface area contributed by atoms with Crippen LogP contribution in [-0.4, -0.2) is 19.9 Å². The van der Waals surface area contributed by atoms with Crippen LogP contribution in [0.1, 0.15) is 22.8 Å². The van der Waals surface area contributed by atoms with Gasteiger partial charge in [-0.3, -0.25) is 4.79 Å². The molecule has 21 heavy (non-hydrogen) atoms. The molecule has 0 N–H and O–H groups in total. The van der Waals surface area contributed by atoms with E-state index in [4.69, 9.17) is 16.3 Å². The maximum absolute atomic E-state index is 11.3. The number of carbonyl (C=O) groups is 1. The molecular weight excluding hydrogens is 286 g/mol. The zero-order valence-corrected chi connectivity index (χ0v) is 13.1. The number of methoxy groups -OCH3 is 1. The summed E-state index contributed by atoms with van der Waals surface area (Å²) in [6.45, 7) is 2.26. The van der Waals surface area contributed by atoms with Crippen molar-refractivity contribution in [2.75, 3.05) is 19.1 Å². The van der Waals surface area contributed by atoms with E-state index < -0.39 is 0 Å². The Morgan fingerprint density at radius 3 is 2.38 bits per heavy atom. The third kappa shape index (κ3) is 3.76. The number of anilines is 1. The average Bonchev–Trinajstić information content (AvgIpc) is 2.47. The van der Waals surface area contributed by atoms with Crippen molar-refractivity contribution in [3.63, 3.8) is 0 Å². The zero-order chi connectivity index (χ0) is 15.4. The summed E-state index contributed by atoms with van der Waals surface area (Å²) >= 11 is 6.27. The normalized spacial score (nSPS) is 10.3. The Labute approximate surface area is 130 Å². The average molecular weight is 304 g/mol. The molecule has 3 nitrogen and oxygen atoms in total. The highest BCUT2D eigenvalue weighted by Gasteiger charge is 2.09. The van der Waals surface area contributed by atoms with Crippen molar-refractivity contribution >= 4 is 23.1 Å². The van der Waals surface area contributed by atoms with Crippen LogP contribution in [0.2, 0.25) is 5.02 Å². The third-order valence-corrected chi connectivity index (χ3v) is 3.65. The van der Waals surface area contributed by atoms with E-state index in [0.717, 1.165) is 23.5 Å². The number of ether oxygens (including phenoxy) is 1. The van der Waals surface area contributed by atoms with Gasteiger partial charge in [0.1, 0.15) is 5.75 Å². The molecule has 0 aliphatic rings. The van der Waals surface area contributed by atoms with Crippen LogP contribution in [-0.2, 0) is 6.54 Å². The Balaban J connectivity index is 2.15. The first-order valence-electron chi connectivity index (χ1n) is 6.66. The Morgan fingerprint density at radius 1 is 1.19 bits per heavy atom. The number of carbonyl (C=O) groups excluding carboxylic acids is 1. The van der Waals surface area contributed by atoms with E-state index in [9.17, 15) is 4.79 Å². The lowest BCUT2D eigenvalue weighted by molar-refractivity contribution is 0.101. The summed E-state index contributed by atoms with van der Waals surface area (Å²) in [6.07, 6.45) is 0. The molecule has 0 unspecified atom stereocenters. The highest BCUT2D eigenvalue weighted by atomic mass is 35.5. The minimum Gasteiger partial charge on any atom is -0.497 e. The number of benzene rings is 2. The number of halogens is 1. The topological polar surface area (TPSA) is 29.5 Å². The SMILES string of the molecule is COc1ccc(CN(C)c2ccc(C(C)=O)cc2Cl)cc1. The van der Waals surface area contributed by atoms with Gasteiger partial charge in [-0.05, 0) is 42.8 Å². The number of hydrogen-bond donors (Lipinski definition) is 0. The maximum atomic E-state index is 11.3. The summed E-state index contributed by atoms with van der Waals surface area (Å²) in [5.41, 5.74) is 2.68. The number of nitrogens with zero attached hydrogens (tertiary/aromatic N) is 1. The lowest BCUT2D eigenvalue weighted by Crippen LogP contribution is -2.16. The predicted octanol–water partition coefficient (Wildman–Crippen LogP) is 4.19. The second-order valence-electron chi connectivity index (χ2n) is 4.93. The van der Waals surface area contributed by atoms with Gasteiger partial charge in [-0.15, -0.1) is 0 Å². The Kier molecular flexibility index (Phi) is 4.86. The van der Waals surface area contributed by atoms with Gasteiger partial charge in [-0.1, -0.05) is 23.7 Å². The van der Waals surface area contributed by atoms with Gasteiger partial charge in [0.25, 0.3) is 0 Å². The van der Waals surface area contributed by atoms with Gasteiger partial charge in [0.05, 0.1) is 17.8 Å². The lowest BCUT2D eigenvalue weighted by Gasteiger charge is -2.21. The van der Waals surface area contributed by atoms with Crippen molar-refractivity contribution < 1.29 is 9.53 Å². The van der Waals surface area contributed by atoms with Crippen LogP contribution < -0.4 is 9.64 Å². The number of Topliss-reactive ketones (excluding diaryl/α,β-unsaturated/α-hetero) is 1. The molecule has 0 bridgehead atoms. The molecule has 0 amide bonds. The molecule has 0 saturated carbocycles. The number of hydrogen-bond acceptors (Lipinski definition) is 3. The molecule has 4 heteroatoms. The largest absolute Gasteiger partial charge is 0.497 e. The molecule has 0 heterocycles. The van der Waals surface area contributed by atoms with Gasteiger partial charge in [-0.2, -0.15) is 0 Å². The quantitative estimate of drug-likeness (QED) is 0.776. The molecular formula is C17H18ClNO2. The minimum atomic E-state index is 0.0151. The van der Waals surface area contributed by atoms with E-state index in [2.05, 4.69) is 0 Å². The van der Waals surface area contributed by atoms with Gasteiger partial charge in [0.15, 0.2) is 5.78 Å². The molecule has 0 aromatic heterocycles. The van der Waals surface area contributed by atoms with Crippen molar-refractivity contribution in [2.45, 2.75) is 13.5 Å². The molecule has 0 fully saturated rings. The number of ketones is 1. The van der Waals surface area contributed by atoms with E-state index in [1.54, 1.807) is 19.2 Å². The minimum absolute atomic E-state index is 0.0151. The first-order valence-corrected chi connectivity index (χ1v) is 7.03. The summed E-state index contributed by atoms with van der Waals surface area (Å²) in [5.74, 6) is 0.853. The van der Waals surface area contributed by atoms with E-state index in [1.165, 1.54) is 6.92 Å². The van der Waals surface area contributed by atoms with E-state index >= 15 is 0 Å². The van der Waals surface area contributed by atoms with Crippen LogP contribution in [0.3, 0.4) is 0 Å². The molecule has 2 aromatic carbocycles. The van der Waals surface area contributed by atoms with Crippen LogP contribution in [0, 0.1) is 0 Å². The lowest BCUT2D eigenvalue weighted by atomic mass is 10.1. The zero-order valence-electron chi connectivity index (χ0n) is 12.4. The molecule has 0 spiro atoms. The predicted molar refractivity (Wildman–Crippen MR) is 86.6 cm³/mol. The fourth-order valence-corrected chi connectivity index (χ4v) is 2.45. The van der Waals surface area contributed by atoms with Gasteiger partial charge in [0.2, 0.25) is 0 Å². The fourth-order valence-electron chi connectivity index (χ4n) is 2.13. The number of rotatable bonds is 5. The Morgan fingerprint density at radius 2 is 1.86 bits per heavy atom. The van der Waals surface area contributed by atoms with Crippen LogP contribution in [0.25, 0.3) is 0 Å². The van der Waals surface area contributed by atoms with Crippen LogP contribution >= 0.6 is 11.6 Å². The van der Waals surface area contributed by atoms with Crippen molar-refractivity contribution in [3.8, 4) is 5.75 Å². The van der Waals surface area contributed by atoms with Gasteiger partial charge < -0.3 is 9.64 Å². The van der Waals surface area contributed by atoms with Crippen molar-refractivity contribution in [3.05, 3.63) is 58.6 Å². The second-order valence-corrected chi connectivity index (χ2v) is 5.33. The molecule has 0 aliphatic carbocycles. The fraction of sp³-hybridized carbons (Fsp3) is 0.235. The second kappa shape index (κ2) is 6.64. The first kappa shape index (κ1) is 15.4. The summed E-state index contributed by atoms with van der Waals surface area (Å²) in [4.78, 5) is 13.4. The summed E-state index contributed by atoms with van der Waals surface area (Å²) < 4.78 is 5.15. The smallest absolute Gasteiger partial charge is 0.159 e. The van der Waals surface area contributed by atoms with Gasteiger partial charge in [0, 0.05) is 19.2 Å². The van der Waals surface area contributed by atoms with Gasteiger partial charge >= 0.3 is 0 Å². The van der Waals surface area contributed by atoms with Crippen LogP contribution in [0.5, 0.6) is 5.75 Å². The Hall–Kier alpha value is -2.00. The highest BCUT2D eigenvalue weighted by molar-refractivity contribution is 6.33. The monoisotopic (exact) mass is 303 g/mol. The van der Waals surface area contributed by atoms with Crippen LogP contribution in [0.15, 0.2) is 42.5 Å². The van der Waals surface area contributed by atoms with Crippen molar-refractivity contribution in [2.24, 2.45) is 0 Å². The standard InChI is InChI=1S/C17H18ClNO2/c1-12(20)14-6-9-17(16(18)10-14)19(2)11-13-4-7-15(21-3)8-5-13/h4-10H,11H2,1-3H3. The molecule has 2 aromatic rings. The Bertz CT molecular complexity index is 638. The molecule has 110 valence electrons. The van der Waals surface area contributed by atoms with Gasteiger partial charge in [-0.25, -0.2) is 0 Å². The molecule has 0 radical (unpaired) electrons. The first-order chi connectivity index (χ1) is 10.0. The molecule has 0 saturated heterocycles. The summed E-state index contributed by atoms with van der Waals surface area (Å²) in [7, 11) is 3.62. The highest BCUT2D eigenvalue weighted by Crippen LogP contribution is 2.27. The van der Waals surface area contributed by atoms with Crippen molar-refractivity contribution in [1.29, 1.82) is 0 Å². The maximum Gasteiger partial charge on any atom is 0.159 e. The summed E-state index contributed by atoms with van der Waals surface area (Å²) in [5, 5.41) is 0.582. The van der Waals surface area contributed by atoms with Crippen LogP contribution in [0.4, 0.5) is 5.69 Å². The molecule has 2 rings (SSSR count). The molecule has 0 aliphatic heterocycles. The third-order valence-electron chi connectivity index (χ3n) is 3.34. The molecule has 0 atom stereocenters. The van der Waals surface area contributed by atoms with E-state index in [0.29, 0.717) is 10.6 Å². The van der Waals surface area contributed by atoms with E-state index in [1.807, 2.05) is 42.3 Å². The van der Waals surface area contributed by atoms with E-state index in [-0.39, 0.29) is 5.78 Å². The van der Waals surface area contributed by atoms with Crippen molar-refractivity contribution in [1.82, 2.24) is 0 Å².